The van der Waals surface area contributed by atoms with Gasteiger partial charge in [0.05, 0.1) is 24.2 Å². The first-order valence-electron chi connectivity index (χ1n) is 11.3. The van der Waals surface area contributed by atoms with E-state index in [4.69, 9.17) is 17.0 Å². The van der Waals surface area contributed by atoms with Crippen LogP contribution in [0.3, 0.4) is 0 Å². The summed E-state index contributed by atoms with van der Waals surface area (Å²) in [7, 11) is -3.24. The first-order chi connectivity index (χ1) is 17.6. The van der Waals surface area contributed by atoms with Crippen molar-refractivity contribution in [3.63, 3.8) is 0 Å². The Hall–Kier alpha value is -3.28. The molecular formula is C26H22BrN3O5S2. The van der Waals surface area contributed by atoms with Gasteiger partial charge in [-0.3, -0.25) is 4.79 Å². The Bertz CT molecular complexity index is 1530. The van der Waals surface area contributed by atoms with E-state index in [1.165, 1.54) is 24.0 Å². The van der Waals surface area contributed by atoms with Gasteiger partial charge >= 0.3 is 5.97 Å². The molecule has 2 aliphatic rings. The topological polar surface area (TPSA) is 96.0 Å². The van der Waals surface area contributed by atoms with Gasteiger partial charge in [-0.25, -0.2) is 17.5 Å². The third-order valence-electron chi connectivity index (χ3n) is 6.90. The normalized spacial score (nSPS) is 22.8. The van der Waals surface area contributed by atoms with Crippen LogP contribution in [0.15, 0.2) is 88.2 Å². The van der Waals surface area contributed by atoms with Crippen LogP contribution in [0.4, 0.5) is 5.69 Å². The zero-order chi connectivity index (χ0) is 26.6. The van der Waals surface area contributed by atoms with Crippen LogP contribution in [-0.4, -0.2) is 42.4 Å². The number of nitrogens with one attached hydrogen (secondary N) is 1. The van der Waals surface area contributed by atoms with Crippen LogP contribution < -0.4 is 10.2 Å². The summed E-state index contributed by atoms with van der Waals surface area (Å²) >= 11 is 8.84. The number of hydrogen-bond acceptors (Lipinski definition) is 6. The number of nitrogens with zero attached hydrogens (tertiary/aromatic N) is 2. The number of fused-ring (bicyclic) bond motifs is 2. The van der Waals surface area contributed by atoms with E-state index in [2.05, 4.69) is 21.2 Å². The Kier molecular flexibility index (Phi) is 6.12. The molecule has 1 spiro atoms. The lowest BCUT2D eigenvalue weighted by Crippen LogP contribution is -2.66. The molecule has 1 fully saturated rings. The van der Waals surface area contributed by atoms with Crippen LogP contribution in [0.1, 0.15) is 18.1 Å². The van der Waals surface area contributed by atoms with Gasteiger partial charge in [-0.1, -0.05) is 64.5 Å². The van der Waals surface area contributed by atoms with Crippen molar-refractivity contribution in [1.82, 2.24) is 9.62 Å². The van der Waals surface area contributed by atoms with E-state index >= 15 is 0 Å². The molecule has 1 saturated heterocycles. The Balaban J connectivity index is 1.73. The summed E-state index contributed by atoms with van der Waals surface area (Å²) < 4.78 is 34.6. The van der Waals surface area contributed by atoms with E-state index in [1.807, 2.05) is 30.3 Å². The van der Waals surface area contributed by atoms with Gasteiger partial charge < -0.3 is 15.0 Å². The fraction of sp³-hybridized carbons (Fsp3) is 0.192. The number of hydrogen-bond donors (Lipinski definition) is 1. The Morgan fingerprint density at radius 3 is 2.30 bits per heavy atom. The molecule has 3 aromatic rings. The molecule has 1 amide bonds. The Morgan fingerprint density at radius 2 is 1.65 bits per heavy atom. The predicted molar refractivity (Wildman–Crippen MR) is 145 cm³/mol. The fourth-order valence-corrected chi connectivity index (χ4v) is 7.69. The minimum atomic E-state index is -4.40. The number of benzene rings is 3. The molecule has 11 heteroatoms. The molecule has 0 saturated carbocycles. The number of anilines is 1. The molecule has 2 aliphatic heterocycles. The maximum Gasteiger partial charge on any atom is 0.336 e. The quantitative estimate of drug-likeness (QED) is 0.353. The van der Waals surface area contributed by atoms with Crippen molar-refractivity contribution in [2.24, 2.45) is 0 Å². The average molecular weight is 601 g/mol. The summed E-state index contributed by atoms with van der Waals surface area (Å²) in [5.41, 5.74) is -2.10. The first-order valence-corrected chi connectivity index (χ1v) is 13.9. The summed E-state index contributed by atoms with van der Waals surface area (Å²) in [5.74, 6) is -1.44. The number of halogens is 1. The molecule has 0 aliphatic carbocycles. The smallest absolute Gasteiger partial charge is 0.336 e. The van der Waals surface area contributed by atoms with Crippen LogP contribution in [0.2, 0.25) is 0 Å². The first kappa shape index (κ1) is 25.4. The largest absolute Gasteiger partial charge is 0.467 e. The number of amides is 1. The Morgan fingerprint density at radius 1 is 1.03 bits per heavy atom. The van der Waals surface area contributed by atoms with E-state index in [0.29, 0.717) is 15.7 Å². The molecule has 3 aromatic carbocycles. The van der Waals surface area contributed by atoms with Gasteiger partial charge in [0.1, 0.15) is 0 Å². The fourth-order valence-electron chi connectivity index (χ4n) is 5.15. The van der Waals surface area contributed by atoms with E-state index in [1.54, 1.807) is 36.4 Å². The molecule has 0 unspecified atom stereocenters. The highest BCUT2D eigenvalue weighted by molar-refractivity contribution is 9.10. The minimum Gasteiger partial charge on any atom is -0.467 e. The van der Waals surface area contributed by atoms with E-state index in [-0.39, 0.29) is 16.6 Å². The zero-order valence-electron chi connectivity index (χ0n) is 19.8. The van der Waals surface area contributed by atoms with Crippen molar-refractivity contribution >= 4 is 60.8 Å². The molecule has 0 aromatic heterocycles. The molecule has 8 nitrogen and oxygen atoms in total. The number of ether oxygens (including phenoxy) is 1. The summed E-state index contributed by atoms with van der Waals surface area (Å²) in [4.78, 5) is 29.4. The molecule has 5 rings (SSSR count). The molecule has 0 bridgehead atoms. The second-order valence-corrected chi connectivity index (χ2v) is 12.0. The van der Waals surface area contributed by atoms with Crippen LogP contribution in [-0.2, 0) is 36.4 Å². The maximum atomic E-state index is 14.4. The second-order valence-electron chi connectivity index (χ2n) is 8.86. The van der Waals surface area contributed by atoms with Gasteiger partial charge in [0.25, 0.3) is 15.9 Å². The summed E-state index contributed by atoms with van der Waals surface area (Å²) in [6.45, 7) is 1.59. The van der Waals surface area contributed by atoms with E-state index in [0.717, 1.165) is 17.0 Å². The van der Waals surface area contributed by atoms with Crippen LogP contribution in [0.25, 0.3) is 0 Å². The number of carbonyl (C=O) groups is 2. The SMILES string of the molecule is COC(=O)[C@@]1(C)N(S(=O)(=O)c2ccc(Br)cc2)C(=S)N[C@@]12C(=O)N(Cc1ccccc1)c1ccccc12. The monoisotopic (exact) mass is 599 g/mol. The number of rotatable bonds is 5. The molecule has 1 N–H and O–H groups in total. The van der Waals surface area contributed by atoms with Crippen molar-refractivity contribution in [1.29, 1.82) is 0 Å². The van der Waals surface area contributed by atoms with Gasteiger partial charge in [-0.15, -0.1) is 0 Å². The standard InChI is InChI=1S/C26H22BrN3O5S2/c1-25(23(32)35-2)26(28-24(36)30(25)37(33,34)19-14-12-18(27)13-15-19)20-10-6-7-11-21(20)29(22(26)31)16-17-8-4-3-5-9-17/h3-15H,16H2,1-2H3,(H,28,36)/t25-,26+/m1/s1. The maximum absolute atomic E-state index is 14.4. The second kappa shape index (κ2) is 8.93. The number of thiocarbonyl (C=S) groups is 1. The van der Waals surface area contributed by atoms with Gasteiger partial charge in [-0.2, -0.15) is 0 Å². The summed E-state index contributed by atoms with van der Waals surface area (Å²) in [6.07, 6.45) is 0. The number of carbonyl (C=O) groups excluding carboxylic acids is 2. The van der Waals surface area contributed by atoms with Crippen LogP contribution in [0, 0.1) is 0 Å². The van der Waals surface area contributed by atoms with Crippen molar-refractivity contribution in [2.75, 3.05) is 12.0 Å². The molecule has 0 radical (unpaired) electrons. The molecule has 190 valence electrons. The molecule has 2 atom stereocenters. The number of methoxy groups -OCH3 is 1. The average Bonchev–Trinajstić information content (AvgIpc) is 3.28. The van der Waals surface area contributed by atoms with Gasteiger partial charge in [-0.05, 0) is 55.0 Å². The number of sulfonamides is 1. The molecule has 2 heterocycles. The lowest BCUT2D eigenvalue weighted by atomic mass is 9.75. The van der Waals surface area contributed by atoms with Crippen LogP contribution >= 0.6 is 28.1 Å². The third kappa shape index (κ3) is 3.52. The van der Waals surface area contributed by atoms with Crippen LogP contribution in [0.5, 0.6) is 0 Å². The van der Waals surface area contributed by atoms with E-state index < -0.39 is 33.0 Å². The van der Waals surface area contributed by atoms with Crippen molar-refractivity contribution in [2.45, 2.75) is 29.4 Å². The molecular weight excluding hydrogens is 578 g/mol. The van der Waals surface area contributed by atoms with Gasteiger partial charge in [0.15, 0.2) is 16.2 Å². The highest BCUT2D eigenvalue weighted by Gasteiger charge is 2.75. The third-order valence-corrected chi connectivity index (χ3v) is 9.72. The predicted octanol–water partition coefficient (Wildman–Crippen LogP) is 3.70. The highest BCUT2D eigenvalue weighted by Crippen LogP contribution is 2.53. The number of esters is 1. The lowest BCUT2D eigenvalue weighted by molar-refractivity contribution is -0.155. The van der Waals surface area contributed by atoms with Gasteiger partial charge in [0.2, 0.25) is 0 Å². The van der Waals surface area contributed by atoms with Crippen molar-refractivity contribution in [3.05, 3.63) is 94.5 Å². The number of para-hydroxylation sites is 1. The van der Waals surface area contributed by atoms with Crippen molar-refractivity contribution < 1.29 is 22.7 Å². The summed E-state index contributed by atoms with van der Waals surface area (Å²) in [5, 5.41) is 2.69. The zero-order valence-corrected chi connectivity index (χ0v) is 23.1. The van der Waals surface area contributed by atoms with Crippen molar-refractivity contribution in [3.8, 4) is 0 Å². The van der Waals surface area contributed by atoms with Gasteiger partial charge in [0, 0.05) is 10.0 Å². The Labute approximate surface area is 228 Å². The molecule has 37 heavy (non-hydrogen) atoms. The minimum absolute atomic E-state index is 0.0908. The highest BCUT2D eigenvalue weighted by atomic mass is 79.9. The lowest BCUT2D eigenvalue weighted by Gasteiger charge is -2.40. The summed E-state index contributed by atoms with van der Waals surface area (Å²) in [6, 6.07) is 22.3. The van der Waals surface area contributed by atoms with E-state index in [9.17, 15) is 18.0 Å².